The van der Waals surface area contributed by atoms with Crippen LogP contribution in [0.1, 0.15) is 39.0 Å². The van der Waals surface area contributed by atoms with Crippen LogP contribution in [0, 0.1) is 37.5 Å². The molecule has 1 fully saturated rings. The summed E-state index contributed by atoms with van der Waals surface area (Å²) in [6.45, 7) is 1.40. The first-order chi connectivity index (χ1) is 9.58. The van der Waals surface area contributed by atoms with Crippen LogP contribution in [0.2, 0.25) is 0 Å². The van der Waals surface area contributed by atoms with Gasteiger partial charge in [-0.05, 0) is 24.3 Å². The topological polar surface area (TPSA) is 79.2 Å². The summed E-state index contributed by atoms with van der Waals surface area (Å²) in [6, 6.07) is 6.16. The molecule has 1 aliphatic carbocycles. The van der Waals surface area contributed by atoms with Gasteiger partial charge >= 0.3 is 31.1 Å². The molecule has 1 aromatic rings. The molecule has 0 bridgehead atoms. The Morgan fingerprint density at radius 1 is 1.14 bits per heavy atom. The summed E-state index contributed by atoms with van der Waals surface area (Å²) in [5, 5.41) is 2.56. The van der Waals surface area contributed by atoms with E-state index in [1.807, 2.05) is 0 Å². The minimum Gasteiger partial charge on any atom is -0.631 e. The average molecular weight is 514 g/mol. The van der Waals surface area contributed by atoms with E-state index in [1.165, 1.54) is 51.2 Å². The van der Waals surface area contributed by atoms with Crippen LogP contribution in [0.25, 0.3) is 5.73 Å². The Bertz CT molecular complexity index is 385. The summed E-state index contributed by atoms with van der Waals surface area (Å²) in [5.74, 6) is 0.106. The van der Waals surface area contributed by atoms with Gasteiger partial charge in [-0.3, -0.25) is 9.59 Å². The van der Waals surface area contributed by atoms with Crippen molar-refractivity contribution < 1.29 is 45.4 Å². The monoisotopic (exact) mass is 514 g/mol. The second kappa shape index (κ2) is 11.6. The zero-order chi connectivity index (χ0) is 14.8. The van der Waals surface area contributed by atoms with Gasteiger partial charge in [-0.1, -0.05) is 19.3 Å². The number of nitrogens with one attached hydrogen (secondary N) is 2. The van der Waals surface area contributed by atoms with E-state index in [1.54, 1.807) is 12.1 Å². The number of amides is 2. The standard InChI is InChI=1S/C9H10N2O3.C6H11.U/c1-6(12)11-7-2-4-8(5-3-7)14-9(10)13;1-2-4-6-5-3-1;/h2-5H,1H3,(H3,10,11,12,13);1H,2-6H2;/q;-1;+2/p-1. The van der Waals surface area contributed by atoms with E-state index < -0.39 is 6.09 Å². The number of ether oxygens (including phenoxy) is 1. The van der Waals surface area contributed by atoms with Crippen molar-refractivity contribution in [1.29, 1.82) is 0 Å². The fraction of sp³-hybridized carbons (Fsp3) is 0.400. The van der Waals surface area contributed by atoms with Gasteiger partial charge in [0.2, 0.25) is 12.0 Å². The van der Waals surface area contributed by atoms with E-state index in [0.29, 0.717) is 5.69 Å². The van der Waals surface area contributed by atoms with Gasteiger partial charge in [0.1, 0.15) is 5.75 Å². The maximum absolute atomic E-state index is 10.6. The summed E-state index contributed by atoms with van der Waals surface area (Å²) in [5.41, 5.74) is 7.16. The van der Waals surface area contributed by atoms with Crippen LogP contribution in [0.5, 0.6) is 5.75 Å². The summed E-state index contributed by atoms with van der Waals surface area (Å²) >= 11 is 0. The van der Waals surface area contributed by atoms with Crippen LogP contribution in [-0.4, -0.2) is 12.0 Å². The molecule has 2 amide bonds. The van der Waals surface area contributed by atoms with Gasteiger partial charge in [0.25, 0.3) is 0 Å². The van der Waals surface area contributed by atoms with Crippen LogP contribution in [0.4, 0.5) is 10.5 Å². The Kier molecular flexibility index (Phi) is 11.1. The van der Waals surface area contributed by atoms with E-state index in [4.69, 9.17) is 5.73 Å². The Labute approximate surface area is 149 Å². The Morgan fingerprint density at radius 3 is 2.05 bits per heavy atom. The molecule has 112 valence electrons. The van der Waals surface area contributed by atoms with Crippen LogP contribution < -0.4 is 10.1 Å². The third-order valence-electron chi connectivity index (χ3n) is 2.70. The number of rotatable bonds is 2. The van der Waals surface area contributed by atoms with Gasteiger partial charge in [-0.25, -0.2) is 0 Å². The smallest absolute Gasteiger partial charge is 0.631 e. The van der Waals surface area contributed by atoms with Crippen molar-refractivity contribution in [2.24, 2.45) is 0 Å². The van der Waals surface area contributed by atoms with Gasteiger partial charge in [0, 0.05) is 12.6 Å². The van der Waals surface area contributed by atoms with E-state index in [-0.39, 0.29) is 42.8 Å². The number of carbonyl (C=O) groups excluding carboxylic acids is 2. The molecule has 21 heavy (non-hydrogen) atoms. The summed E-state index contributed by atoms with van der Waals surface area (Å²) in [6.07, 6.45) is 8.39. The fourth-order valence-electron chi connectivity index (χ4n) is 1.82. The van der Waals surface area contributed by atoms with Gasteiger partial charge in [-0.2, -0.15) is 12.8 Å². The molecule has 0 aromatic heterocycles. The third-order valence-corrected chi connectivity index (χ3v) is 2.70. The van der Waals surface area contributed by atoms with Crippen molar-refractivity contribution in [3.63, 3.8) is 0 Å². The first-order valence-electron chi connectivity index (χ1n) is 6.70. The predicted octanol–water partition coefficient (Wildman–Crippen LogP) is 4.35. The summed E-state index contributed by atoms with van der Waals surface area (Å²) in [4.78, 5) is 20.9. The zero-order valence-electron chi connectivity index (χ0n) is 12.1. The Hall–Kier alpha value is -0.988. The number of hydrogen-bond acceptors (Lipinski definition) is 3. The normalized spacial score (nSPS) is 13.0. The van der Waals surface area contributed by atoms with E-state index in [9.17, 15) is 9.59 Å². The van der Waals surface area contributed by atoms with Crippen molar-refractivity contribution >= 4 is 17.7 Å². The summed E-state index contributed by atoms with van der Waals surface area (Å²) in [7, 11) is 0. The molecule has 0 radical (unpaired) electrons. The molecule has 0 unspecified atom stereocenters. The van der Waals surface area contributed by atoms with Crippen molar-refractivity contribution in [3.05, 3.63) is 36.4 Å². The van der Waals surface area contributed by atoms with Gasteiger partial charge in [-0.15, -0.1) is 0 Å². The molecule has 1 saturated carbocycles. The molecular weight excluding hydrogens is 494 g/mol. The van der Waals surface area contributed by atoms with Gasteiger partial charge in [0.05, 0.1) is 0 Å². The minimum atomic E-state index is -1.11. The number of anilines is 1. The van der Waals surface area contributed by atoms with E-state index in [0.717, 1.165) is 0 Å². The molecule has 6 heteroatoms. The van der Waals surface area contributed by atoms with Gasteiger partial charge in [0.15, 0.2) is 0 Å². The minimum absolute atomic E-state index is 0. The van der Waals surface area contributed by atoms with Crippen LogP contribution in [0.3, 0.4) is 0 Å². The quantitative estimate of drug-likeness (QED) is 0.597. The van der Waals surface area contributed by atoms with Crippen molar-refractivity contribution in [2.75, 3.05) is 5.32 Å². The number of carbonyl (C=O) groups is 2. The maximum Gasteiger partial charge on any atom is 2.00 e. The fourth-order valence-corrected chi connectivity index (χ4v) is 1.82. The molecule has 0 aliphatic heterocycles. The Morgan fingerprint density at radius 2 is 1.71 bits per heavy atom. The first-order valence-corrected chi connectivity index (χ1v) is 6.70. The zero-order valence-corrected chi connectivity index (χ0v) is 16.3. The van der Waals surface area contributed by atoms with E-state index in [2.05, 4.69) is 16.5 Å². The molecule has 2 rings (SSSR count). The van der Waals surface area contributed by atoms with Crippen LogP contribution in [0.15, 0.2) is 24.3 Å². The molecular formula is C15H20N2O3U. The van der Waals surface area contributed by atoms with Crippen LogP contribution >= 0.6 is 0 Å². The first kappa shape index (κ1) is 20.0. The SMILES string of the molecule is CC(=O)Nc1ccc(OC([NH-])=O)cc1.[CH-]1CCCCC1.[U+2]. The molecule has 1 aromatic carbocycles. The number of benzene rings is 1. The molecule has 0 atom stereocenters. The second-order valence-electron chi connectivity index (χ2n) is 4.52. The Balaban J connectivity index is 0.000000480. The molecule has 5 nitrogen and oxygen atoms in total. The molecule has 0 spiro atoms. The second-order valence-corrected chi connectivity index (χ2v) is 4.52. The number of hydrogen-bond donors (Lipinski definition) is 1. The molecule has 0 heterocycles. The summed E-state index contributed by atoms with van der Waals surface area (Å²) < 4.78 is 4.49. The maximum atomic E-state index is 10.6. The van der Waals surface area contributed by atoms with Gasteiger partial charge < -0.3 is 22.2 Å². The average Bonchev–Trinajstić information content (AvgIpc) is 2.42. The molecule has 2 N–H and O–H groups in total. The third kappa shape index (κ3) is 10.4. The largest absolute Gasteiger partial charge is 2.00 e. The van der Waals surface area contributed by atoms with E-state index >= 15 is 0 Å². The van der Waals surface area contributed by atoms with Crippen molar-refractivity contribution in [2.45, 2.75) is 39.0 Å². The molecule has 0 saturated heterocycles. The predicted molar refractivity (Wildman–Crippen MR) is 78.5 cm³/mol. The van der Waals surface area contributed by atoms with Crippen LogP contribution in [-0.2, 0) is 4.79 Å². The van der Waals surface area contributed by atoms with Crippen molar-refractivity contribution in [3.8, 4) is 5.75 Å². The van der Waals surface area contributed by atoms with Crippen molar-refractivity contribution in [1.82, 2.24) is 0 Å². The molecule has 1 aliphatic rings.